The molecular weight excluding hydrogens is 463 g/mol. The van der Waals surface area contributed by atoms with Gasteiger partial charge in [0.1, 0.15) is 5.82 Å². The summed E-state index contributed by atoms with van der Waals surface area (Å²) in [6.45, 7) is 0.460. The number of fused-ring (bicyclic) bond motifs is 1. The normalized spacial score (nSPS) is 17.5. The van der Waals surface area contributed by atoms with E-state index in [0.717, 1.165) is 28.7 Å². The van der Waals surface area contributed by atoms with E-state index in [1.807, 2.05) is 18.2 Å². The van der Waals surface area contributed by atoms with Crippen LogP contribution in [0.2, 0.25) is 0 Å². The quantitative estimate of drug-likeness (QED) is 0.373. The highest BCUT2D eigenvalue weighted by molar-refractivity contribution is 7.90. The second-order valence-electron chi connectivity index (χ2n) is 8.76. The van der Waals surface area contributed by atoms with Crippen LogP contribution in [-0.2, 0) is 21.3 Å². The van der Waals surface area contributed by atoms with Crippen LogP contribution >= 0.6 is 0 Å². The van der Waals surface area contributed by atoms with Crippen molar-refractivity contribution >= 4 is 10.0 Å². The van der Waals surface area contributed by atoms with E-state index in [1.165, 1.54) is 10.0 Å². The highest BCUT2D eigenvalue weighted by Gasteiger charge is 2.32. The van der Waals surface area contributed by atoms with Crippen molar-refractivity contribution in [3.8, 4) is 11.3 Å². The largest absolute Gasteiger partial charge is 0.377 e. The summed E-state index contributed by atoms with van der Waals surface area (Å²) < 4.78 is 49.3. The number of benzene rings is 3. The Bertz CT molecular complexity index is 1480. The molecule has 1 aromatic heterocycles. The molecule has 0 aliphatic heterocycles. The molecular formula is C28H27FN2O3S. The van der Waals surface area contributed by atoms with Gasteiger partial charge in [0.05, 0.1) is 16.7 Å². The van der Waals surface area contributed by atoms with E-state index in [4.69, 9.17) is 4.74 Å². The molecule has 2 atom stereocenters. The van der Waals surface area contributed by atoms with Gasteiger partial charge in [0.15, 0.2) is 0 Å². The fourth-order valence-electron chi connectivity index (χ4n) is 5.00. The molecule has 0 radical (unpaired) electrons. The second kappa shape index (κ2) is 9.41. The fourth-order valence-corrected chi connectivity index (χ4v) is 6.44. The lowest BCUT2D eigenvalue weighted by Gasteiger charge is -2.15. The van der Waals surface area contributed by atoms with Crippen LogP contribution < -0.4 is 5.32 Å². The van der Waals surface area contributed by atoms with E-state index in [9.17, 15) is 12.8 Å². The first-order valence-electron chi connectivity index (χ1n) is 11.5. The number of nitrogens with zero attached hydrogens (tertiary/aromatic N) is 1. The van der Waals surface area contributed by atoms with Gasteiger partial charge < -0.3 is 10.1 Å². The standard InChI is InChI=1S/C28H27FN2O3S/c1-30-17-19-14-27(24-12-5-6-13-26(24)29)31(18-19)35(32,33)21-9-7-8-20(15-21)25-16-28(34-2)23-11-4-3-10-22(23)25/h3-15,18,25,28,30H,16-17H2,1-2H3. The number of nitrogens with one attached hydrogen (secondary N) is 1. The first-order chi connectivity index (χ1) is 16.9. The van der Waals surface area contributed by atoms with Crippen LogP contribution in [0, 0.1) is 5.82 Å². The molecule has 1 aliphatic carbocycles. The summed E-state index contributed by atoms with van der Waals surface area (Å²) >= 11 is 0. The Hall–Kier alpha value is -3.26. The summed E-state index contributed by atoms with van der Waals surface area (Å²) in [6.07, 6.45) is 2.28. The molecule has 1 heterocycles. The van der Waals surface area contributed by atoms with Crippen molar-refractivity contribution in [3.05, 3.63) is 113 Å². The molecule has 5 nitrogen and oxygen atoms in total. The number of ether oxygens (including phenoxy) is 1. The molecule has 3 aromatic carbocycles. The van der Waals surface area contributed by atoms with Gasteiger partial charge in [-0.25, -0.2) is 16.8 Å². The van der Waals surface area contributed by atoms with Crippen LogP contribution in [0.25, 0.3) is 11.3 Å². The third kappa shape index (κ3) is 4.20. The van der Waals surface area contributed by atoms with Crippen molar-refractivity contribution < 1.29 is 17.5 Å². The SMILES string of the molecule is CNCc1cc(-c2ccccc2F)n(S(=O)(=O)c2cccc(C3CC(OC)c4ccccc43)c2)c1. The second-order valence-corrected chi connectivity index (χ2v) is 10.6. The van der Waals surface area contributed by atoms with Crippen molar-refractivity contribution in [2.24, 2.45) is 0 Å². The molecule has 4 aromatic rings. The molecule has 7 heteroatoms. The number of hydrogen-bond acceptors (Lipinski definition) is 4. The minimum atomic E-state index is -3.99. The predicted molar refractivity (Wildman–Crippen MR) is 134 cm³/mol. The molecule has 0 saturated heterocycles. The van der Waals surface area contributed by atoms with Crippen LogP contribution in [0.5, 0.6) is 0 Å². The van der Waals surface area contributed by atoms with E-state index in [-0.39, 0.29) is 22.5 Å². The number of halogens is 1. The first-order valence-corrected chi connectivity index (χ1v) is 13.0. The summed E-state index contributed by atoms with van der Waals surface area (Å²) in [5.41, 5.74) is 4.48. The van der Waals surface area contributed by atoms with Gasteiger partial charge in [-0.2, -0.15) is 0 Å². The van der Waals surface area contributed by atoms with Gasteiger partial charge in [0.2, 0.25) is 0 Å². The zero-order chi connectivity index (χ0) is 24.6. The topological polar surface area (TPSA) is 60.3 Å². The van der Waals surface area contributed by atoms with E-state index in [2.05, 4.69) is 17.4 Å². The zero-order valence-electron chi connectivity index (χ0n) is 19.6. The summed E-state index contributed by atoms with van der Waals surface area (Å²) in [5, 5.41) is 3.03. The lowest BCUT2D eigenvalue weighted by atomic mass is 9.93. The van der Waals surface area contributed by atoms with Crippen molar-refractivity contribution in [2.45, 2.75) is 29.9 Å². The molecule has 2 unspecified atom stereocenters. The maximum absolute atomic E-state index is 14.7. The summed E-state index contributed by atoms with van der Waals surface area (Å²) in [5.74, 6) is -0.443. The third-order valence-electron chi connectivity index (χ3n) is 6.64. The van der Waals surface area contributed by atoms with Crippen molar-refractivity contribution in [3.63, 3.8) is 0 Å². The molecule has 0 bridgehead atoms. The van der Waals surface area contributed by atoms with Gasteiger partial charge in [0, 0.05) is 31.3 Å². The molecule has 1 aliphatic rings. The van der Waals surface area contributed by atoms with Crippen molar-refractivity contribution in [2.75, 3.05) is 14.2 Å². The number of methoxy groups -OCH3 is 1. The highest BCUT2D eigenvalue weighted by atomic mass is 32.2. The van der Waals surface area contributed by atoms with Gasteiger partial charge in [-0.3, -0.25) is 0 Å². The number of aromatic nitrogens is 1. The van der Waals surface area contributed by atoms with E-state index in [1.54, 1.807) is 62.8 Å². The summed E-state index contributed by atoms with van der Waals surface area (Å²) in [7, 11) is -0.509. The van der Waals surface area contributed by atoms with Crippen LogP contribution in [0.4, 0.5) is 4.39 Å². The Balaban J connectivity index is 1.60. The van der Waals surface area contributed by atoms with Gasteiger partial charge in [-0.15, -0.1) is 0 Å². The minimum Gasteiger partial charge on any atom is -0.377 e. The zero-order valence-corrected chi connectivity index (χ0v) is 20.4. The number of rotatable bonds is 7. The van der Waals surface area contributed by atoms with Gasteiger partial charge in [0.25, 0.3) is 10.0 Å². The van der Waals surface area contributed by atoms with E-state index in [0.29, 0.717) is 12.2 Å². The Morgan fingerprint density at radius 3 is 2.49 bits per heavy atom. The Kier molecular flexibility index (Phi) is 6.32. The fraction of sp³-hybridized carbons (Fsp3) is 0.214. The smallest absolute Gasteiger partial charge is 0.268 e. The lowest BCUT2D eigenvalue weighted by molar-refractivity contribution is 0.102. The van der Waals surface area contributed by atoms with Crippen LogP contribution in [0.1, 0.15) is 40.7 Å². The molecule has 35 heavy (non-hydrogen) atoms. The molecule has 0 spiro atoms. The average molecular weight is 491 g/mol. The molecule has 0 fully saturated rings. The molecule has 5 rings (SSSR count). The first kappa shape index (κ1) is 23.5. The van der Waals surface area contributed by atoms with Gasteiger partial charge >= 0.3 is 0 Å². The Morgan fingerprint density at radius 2 is 1.74 bits per heavy atom. The molecule has 180 valence electrons. The van der Waals surface area contributed by atoms with E-state index < -0.39 is 15.8 Å². The average Bonchev–Trinajstić information content (AvgIpc) is 3.47. The monoisotopic (exact) mass is 490 g/mol. The Morgan fingerprint density at radius 1 is 1.00 bits per heavy atom. The highest BCUT2D eigenvalue weighted by Crippen LogP contribution is 2.45. The van der Waals surface area contributed by atoms with Crippen LogP contribution in [0.3, 0.4) is 0 Å². The maximum atomic E-state index is 14.7. The van der Waals surface area contributed by atoms with Gasteiger partial charge in [-0.05, 0) is 66.1 Å². The Labute approximate surface area is 205 Å². The predicted octanol–water partition coefficient (Wildman–Crippen LogP) is 5.47. The van der Waals surface area contributed by atoms with Crippen molar-refractivity contribution in [1.82, 2.24) is 9.29 Å². The van der Waals surface area contributed by atoms with Crippen molar-refractivity contribution in [1.29, 1.82) is 0 Å². The lowest BCUT2D eigenvalue weighted by Crippen LogP contribution is -2.14. The van der Waals surface area contributed by atoms with Crippen LogP contribution in [0.15, 0.2) is 90.0 Å². The van der Waals surface area contributed by atoms with E-state index >= 15 is 0 Å². The molecule has 0 amide bonds. The summed E-state index contributed by atoms with van der Waals surface area (Å²) in [6, 6.07) is 23.1. The molecule has 1 N–H and O–H groups in total. The summed E-state index contributed by atoms with van der Waals surface area (Å²) in [4.78, 5) is 0.164. The van der Waals surface area contributed by atoms with Crippen LogP contribution in [-0.4, -0.2) is 26.5 Å². The van der Waals surface area contributed by atoms with Gasteiger partial charge in [-0.1, -0.05) is 48.5 Å². The maximum Gasteiger partial charge on any atom is 0.268 e. The third-order valence-corrected chi connectivity index (χ3v) is 8.31. The molecule has 0 saturated carbocycles. The minimum absolute atomic E-state index is 0.0295. The number of hydrogen-bond donors (Lipinski definition) is 1.